The quantitative estimate of drug-likeness (QED) is 0.261. The Labute approximate surface area is 179 Å². The summed E-state index contributed by atoms with van der Waals surface area (Å²) in [5, 5.41) is 68.5. The predicted molar refractivity (Wildman–Crippen MR) is 107 cm³/mol. The summed E-state index contributed by atoms with van der Waals surface area (Å²) in [6.45, 7) is -0.647. The van der Waals surface area contributed by atoms with E-state index in [1.807, 2.05) is 0 Å². The molecule has 0 amide bonds. The molecule has 0 saturated carbocycles. The van der Waals surface area contributed by atoms with Crippen LogP contribution in [0.3, 0.4) is 0 Å². The standard InChI is InChI=1S/C21H20O11/c22-7-16-18(27)19(28)20(29)21(32-16)30-9-4-12(25)17-13(26)6-14(31-15(17)5-9)8-1-2-10(23)11(24)3-8/h1-6,16,18-25,27-29H,7H2/t16?,18-,19?,20?,21-/m1/s1. The summed E-state index contributed by atoms with van der Waals surface area (Å²) in [4.78, 5) is 12.5. The summed E-state index contributed by atoms with van der Waals surface area (Å²) >= 11 is 0. The molecule has 3 aromatic rings. The SMILES string of the molecule is O=c1cc(-c2ccc(O)c(O)c2)oc2cc(O[C@@H]3OC(CO)[C@@H](O)C(O)C3O)cc(O)c12. The number of fused-ring (bicyclic) bond motifs is 1. The fourth-order valence-electron chi connectivity index (χ4n) is 3.43. The van der Waals surface area contributed by atoms with Gasteiger partial charge < -0.3 is 49.6 Å². The molecule has 0 bridgehead atoms. The minimum atomic E-state index is -1.68. The molecule has 0 aliphatic carbocycles. The lowest BCUT2D eigenvalue weighted by Crippen LogP contribution is -2.60. The van der Waals surface area contributed by atoms with E-state index in [0.29, 0.717) is 0 Å². The van der Waals surface area contributed by atoms with Crippen LogP contribution in [0, 0.1) is 0 Å². The highest BCUT2D eigenvalue weighted by Gasteiger charge is 2.44. The van der Waals surface area contributed by atoms with E-state index in [4.69, 9.17) is 13.9 Å². The van der Waals surface area contributed by atoms with Crippen molar-refractivity contribution in [3.05, 3.63) is 46.6 Å². The molecule has 11 nitrogen and oxygen atoms in total. The number of aromatic hydroxyl groups is 3. The molecule has 0 radical (unpaired) electrons. The second-order valence-corrected chi connectivity index (χ2v) is 7.31. The second kappa shape index (κ2) is 8.30. The monoisotopic (exact) mass is 448 g/mol. The molecule has 1 aliphatic heterocycles. The van der Waals surface area contributed by atoms with E-state index in [0.717, 1.165) is 12.1 Å². The highest BCUT2D eigenvalue weighted by atomic mass is 16.7. The van der Waals surface area contributed by atoms with Crippen molar-refractivity contribution in [2.24, 2.45) is 0 Å². The number of phenolic OH excluding ortho intramolecular Hbond substituents is 3. The van der Waals surface area contributed by atoms with E-state index in [1.54, 1.807) is 0 Å². The van der Waals surface area contributed by atoms with E-state index in [-0.39, 0.29) is 33.8 Å². The minimum absolute atomic E-state index is 0.0298. The van der Waals surface area contributed by atoms with E-state index >= 15 is 0 Å². The Balaban J connectivity index is 1.72. The van der Waals surface area contributed by atoms with Gasteiger partial charge in [0.05, 0.1) is 6.61 Å². The van der Waals surface area contributed by atoms with Crippen molar-refractivity contribution < 1.29 is 49.6 Å². The van der Waals surface area contributed by atoms with E-state index in [1.165, 1.54) is 24.3 Å². The van der Waals surface area contributed by atoms with Gasteiger partial charge in [-0.3, -0.25) is 4.79 Å². The molecule has 2 heterocycles. The van der Waals surface area contributed by atoms with Crippen molar-refractivity contribution in [1.82, 2.24) is 0 Å². The Kier molecular flexibility index (Phi) is 5.67. The Hall–Kier alpha value is -3.35. The van der Waals surface area contributed by atoms with Crippen molar-refractivity contribution in [3.8, 4) is 34.3 Å². The number of aliphatic hydroxyl groups is 4. The van der Waals surface area contributed by atoms with Crippen LogP contribution >= 0.6 is 0 Å². The second-order valence-electron chi connectivity index (χ2n) is 7.31. The van der Waals surface area contributed by atoms with E-state index in [2.05, 4.69) is 0 Å². The Bertz CT molecular complexity index is 1200. The third-order valence-corrected chi connectivity index (χ3v) is 5.14. The van der Waals surface area contributed by atoms with Crippen molar-refractivity contribution in [3.63, 3.8) is 0 Å². The first-order valence-electron chi connectivity index (χ1n) is 9.50. The molecule has 7 N–H and O–H groups in total. The van der Waals surface area contributed by atoms with Gasteiger partial charge in [-0.1, -0.05) is 0 Å². The van der Waals surface area contributed by atoms with Crippen molar-refractivity contribution in [1.29, 1.82) is 0 Å². The van der Waals surface area contributed by atoms with E-state index in [9.17, 15) is 40.5 Å². The fraction of sp³-hybridized carbons (Fsp3) is 0.286. The zero-order chi connectivity index (χ0) is 23.2. The van der Waals surface area contributed by atoms with Crippen LogP contribution in [0.5, 0.6) is 23.0 Å². The number of phenols is 3. The summed E-state index contributed by atoms with van der Waals surface area (Å²) in [5.41, 5.74) is -0.413. The predicted octanol–water partition coefficient (Wildman–Crippen LogP) is -0.245. The van der Waals surface area contributed by atoms with E-state index < -0.39 is 54.2 Å². The van der Waals surface area contributed by atoms with Crippen LogP contribution in [0.2, 0.25) is 0 Å². The third kappa shape index (κ3) is 3.83. The lowest BCUT2D eigenvalue weighted by molar-refractivity contribution is -0.277. The number of hydrogen-bond donors (Lipinski definition) is 7. The van der Waals surface area contributed by atoms with Crippen molar-refractivity contribution in [2.75, 3.05) is 6.61 Å². The van der Waals surface area contributed by atoms with Crippen LogP contribution in [0.1, 0.15) is 0 Å². The van der Waals surface area contributed by atoms with Crippen LogP contribution in [0.15, 0.2) is 45.6 Å². The molecule has 1 fully saturated rings. The molecule has 1 saturated heterocycles. The molecule has 170 valence electrons. The van der Waals surface area contributed by atoms with Gasteiger partial charge in [-0.05, 0) is 18.2 Å². The molecule has 11 heteroatoms. The average molecular weight is 448 g/mol. The molecule has 32 heavy (non-hydrogen) atoms. The minimum Gasteiger partial charge on any atom is -0.507 e. The maximum absolute atomic E-state index is 12.5. The Morgan fingerprint density at radius 2 is 1.62 bits per heavy atom. The van der Waals surface area contributed by atoms with Gasteiger partial charge in [-0.2, -0.15) is 0 Å². The molecular formula is C21H20O11. The molecule has 1 aromatic heterocycles. The van der Waals surface area contributed by atoms with Gasteiger partial charge in [0, 0.05) is 23.8 Å². The highest BCUT2D eigenvalue weighted by Crippen LogP contribution is 2.35. The summed E-state index contributed by atoms with van der Waals surface area (Å²) in [6, 6.07) is 7.23. The zero-order valence-electron chi connectivity index (χ0n) is 16.3. The van der Waals surface area contributed by atoms with Crippen LogP contribution in [-0.4, -0.2) is 73.1 Å². The Morgan fingerprint density at radius 3 is 2.31 bits per heavy atom. The first-order valence-corrected chi connectivity index (χ1v) is 9.50. The first-order chi connectivity index (χ1) is 15.2. The summed E-state index contributed by atoms with van der Waals surface area (Å²) in [7, 11) is 0. The lowest BCUT2D eigenvalue weighted by Gasteiger charge is -2.39. The van der Waals surface area contributed by atoms with Gasteiger partial charge in [0.2, 0.25) is 6.29 Å². The van der Waals surface area contributed by atoms with Gasteiger partial charge >= 0.3 is 0 Å². The highest BCUT2D eigenvalue weighted by molar-refractivity contribution is 5.86. The smallest absolute Gasteiger partial charge is 0.229 e. The largest absolute Gasteiger partial charge is 0.507 e. The lowest BCUT2D eigenvalue weighted by atomic mass is 9.99. The zero-order valence-corrected chi connectivity index (χ0v) is 16.3. The number of rotatable bonds is 4. The molecule has 1 aliphatic rings. The topological polar surface area (TPSA) is 190 Å². The van der Waals surface area contributed by atoms with Crippen LogP contribution in [-0.2, 0) is 4.74 Å². The number of ether oxygens (including phenoxy) is 2. The molecule has 5 atom stereocenters. The maximum Gasteiger partial charge on any atom is 0.229 e. The maximum atomic E-state index is 12.5. The molecule has 4 rings (SSSR count). The van der Waals surface area contributed by atoms with Crippen molar-refractivity contribution >= 4 is 11.0 Å². The third-order valence-electron chi connectivity index (χ3n) is 5.14. The van der Waals surface area contributed by atoms with Gasteiger partial charge in [0.15, 0.2) is 16.9 Å². The molecule has 0 spiro atoms. The van der Waals surface area contributed by atoms with Crippen molar-refractivity contribution in [2.45, 2.75) is 30.7 Å². The average Bonchev–Trinajstić information content (AvgIpc) is 2.75. The summed E-state index contributed by atoms with van der Waals surface area (Å²) < 4.78 is 16.4. The molecular weight excluding hydrogens is 428 g/mol. The normalized spacial score (nSPS) is 25.7. The number of hydrogen-bond acceptors (Lipinski definition) is 11. The Morgan fingerprint density at radius 1 is 0.875 bits per heavy atom. The molecule has 3 unspecified atom stereocenters. The number of aliphatic hydroxyl groups excluding tert-OH is 4. The fourth-order valence-corrected chi connectivity index (χ4v) is 3.43. The van der Waals surface area contributed by atoms with Gasteiger partial charge in [0.25, 0.3) is 0 Å². The van der Waals surface area contributed by atoms with Gasteiger partial charge in [0.1, 0.15) is 52.6 Å². The van der Waals surface area contributed by atoms with Gasteiger partial charge in [-0.15, -0.1) is 0 Å². The van der Waals surface area contributed by atoms with Crippen LogP contribution in [0.4, 0.5) is 0 Å². The van der Waals surface area contributed by atoms with Crippen LogP contribution < -0.4 is 10.2 Å². The first kappa shape index (κ1) is 21.9. The summed E-state index contributed by atoms with van der Waals surface area (Å²) in [6.07, 6.45) is -7.61. The van der Waals surface area contributed by atoms with Gasteiger partial charge in [-0.25, -0.2) is 0 Å². The summed E-state index contributed by atoms with van der Waals surface area (Å²) in [5.74, 6) is -1.34. The molecule has 2 aromatic carbocycles. The van der Waals surface area contributed by atoms with Crippen LogP contribution in [0.25, 0.3) is 22.3 Å². The number of benzene rings is 2.